The Morgan fingerprint density at radius 2 is 1.88 bits per heavy atom. The van der Waals surface area contributed by atoms with Gasteiger partial charge in [0.15, 0.2) is 0 Å². The summed E-state index contributed by atoms with van der Waals surface area (Å²) in [6.45, 7) is 7.55. The zero-order valence-corrected chi connectivity index (χ0v) is 11.8. The van der Waals surface area contributed by atoms with Crippen LogP contribution in [0.15, 0.2) is 0 Å². The third-order valence-electron chi connectivity index (χ3n) is 4.85. The highest BCUT2D eigenvalue weighted by Gasteiger charge is 2.22. The molecule has 1 saturated carbocycles. The molecule has 0 amide bonds. The van der Waals surface area contributed by atoms with Gasteiger partial charge in [-0.2, -0.15) is 0 Å². The molecule has 3 atom stereocenters. The molecule has 2 rings (SSSR count). The number of nitrogens with one attached hydrogen (secondary N) is 1. The molecular weight excluding hydrogens is 208 g/mol. The Hall–Kier alpha value is -0.0800. The molecule has 1 saturated heterocycles. The molecule has 3 unspecified atom stereocenters. The van der Waals surface area contributed by atoms with Crippen molar-refractivity contribution in [3.05, 3.63) is 0 Å². The summed E-state index contributed by atoms with van der Waals surface area (Å²) in [7, 11) is 2.26. The smallest absolute Gasteiger partial charge is 0.00187 e. The molecule has 2 heteroatoms. The van der Waals surface area contributed by atoms with Crippen molar-refractivity contribution >= 4 is 0 Å². The van der Waals surface area contributed by atoms with Crippen molar-refractivity contribution in [2.45, 2.75) is 45.4 Å². The van der Waals surface area contributed by atoms with Crippen LogP contribution in [0.2, 0.25) is 0 Å². The van der Waals surface area contributed by atoms with E-state index < -0.39 is 0 Å². The zero-order valence-electron chi connectivity index (χ0n) is 11.8. The van der Waals surface area contributed by atoms with Gasteiger partial charge >= 0.3 is 0 Å². The third-order valence-corrected chi connectivity index (χ3v) is 4.85. The van der Waals surface area contributed by atoms with E-state index in [9.17, 15) is 0 Å². The number of piperidine rings is 1. The Labute approximate surface area is 107 Å². The third kappa shape index (κ3) is 4.26. The summed E-state index contributed by atoms with van der Waals surface area (Å²) in [5.74, 6) is 2.79. The van der Waals surface area contributed by atoms with Gasteiger partial charge in [0.25, 0.3) is 0 Å². The lowest BCUT2D eigenvalue weighted by atomic mass is 9.80. The summed E-state index contributed by atoms with van der Waals surface area (Å²) < 4.78 is 0. The first-order valence-electron chi connectivity index (χ1n) is 7.65. The molecule has 1 heterocycles. The summed E-state index contributed by atoms with van der Waals surface area (Å²) in [5.41, 5.74) is 0. The predicted molar refractivity (Wildman–Crippen MR) is 74.2 cm³/mol. The lowest BCUT2D eigenvalue weighted by Gasteiger charge is -2.32. The molecule has 2 nitrogen and oxygen atoms in total. The lowest BCUT2D eigenvalue weighted by molar-refractivity contribution is 0.196. The number of nitrogens with zero attached hydrogens (tertiary/aromatic N) is 1. The molecule has 0 aromatic rings. The first-order valence-corrected chi connectivity index (χ1v) is 7.65. The molecule has 100 valence electrons. The van der Waals surface area contributed by atoms with Crippen LogP contribution in [0.4, 0.5) is 0 Å². The number of rotatable bonds is 4. The maximum Gasteiger partial charge on any atom is 0.00187 e. The SMILES string of the molecule is CC1CCCCC1CNCC1CCCN(C)C1. The molecule has 17 heavy (non-hydrogen) atoms. The van der Waals surface area contributed by atoms with Gasteiger partial charge in [0.05, 0.1) is 0 Å². The highest BCUT2D eigenvalue weighted by atomic mass is 15.1. The van der Waals surface area contributed by atoms with E-state index in [1.165, 1.54) is 64.7 Å². The van der Waals surface area contributed by atoms with Crippen LogP contribution in [-0.2, 0) is 0 Å². The fourth-order valence-electron chi connectivity index (χ4n) is 3.61. The van der Waals surface area contributed by atoms with Gasteiger partial charge in [-0.3, -0.25) is 0 Å². The molecular formula is C15H30N2. The van der Waals surface area contributed by atoms with Crippen LogP contribution >= 0.6 is 0 Å². The Bertz CT molecular complexity index is 217. The Morgan fingerprint density at radius 3 is 2.65 bits per heavy atom. The van der Waals surface area contributed by atoms with E-state index in [2.05, 4.69) is 24.2 Å². The van der Waals surface area contributed by atoms with E-state index in [0.29, 0.717) is 0 Å². The first-order chi connectivity index (χ1) is 8.25. The normalized spacial score (nSPS) is 36.0. The maximum atomic E-state index is 3.75. The van der Waals surface area contributed by atoms with Gasteiger partial charge in [-0.25, -0.2) is 0 Å². The average Bonchev–Trinajstić information content (AvgIpc) is 2.32. The molecule has 0 bridgehead atoms. The summed E-state index contributed by atoms with van der Waals surface area (Å²) in [6.07, 6.45) is 8.66. The van der Waals surface area contributed by atoms with Gasteiger partial charge in [0, 0.05) is 6.54 Å². The van der Waals surface area contributed by atoms with Crippen LogP contribution in [0.1, 0.15) is 45.4 Å². The van der Waals surface area contributed by atoms with Crippen LogP contribution in [-0.4, -0.2) is 38.1 Å². The summed E-state index contributed by atoms with van der Waals surface area (Å²) in [5, 5.41) is 3.75. The van der Waals surface area contributed by atoms with Crippen molar-refractivity contribution in [1.29, 1.82) is 0 Å². The molecule has 1 aliphatic carbocycles. The molecule has 2 fully saturated rings. The fourth-order valence-corrected chi connectivity index (χ4v) is 3.61. The van der Waals surface area contributed by atoms with Crippen molar-refractivity contribution in [3.63, 3.8) is 0 Å². The van der Waals surface area contributed by atoms with Crippen LogP contribution in [0.3, 0.4) is 0 Å². The van der Waals surface area contributed by atoms with E-state index in [1.807, 2.05) is 0 Å². The van der Waals surface area contributed by atoms with E-state index in [4.69, 9.17) is 0 Å². The van der Waals surface area contributed by atoms with Gasteiger partial charge in [0.1, 0.15) is 0 Å². The Morgan fingerprint density at radius 1 is 1.06 bits per heavy atom. The van der Waals surface area contributed by atoms with Gasteiger partial charge in [-0.15, -0.1) is 0 Å². The summed E-state index contributed by atoms with van der Waals surface area (Å²) >= 11 is 0. The molecule has 0 aromatic heterocycles. The Balaban J connectivity index is 1.61. The quantitative estimate of drug-likeness (QED) is 0.810. The topological polar surface area (TPSA) is 15.3 Å². The molecule has 0 radical (unpaired) electrons. The van der Waals surface area contributed by atoms with Crippen molar-refractivity contribution < 1.29 is 0 Å². The second kappa shape index (κ2) is 6.75. The van der Waals surface area contributed by atoms with E-state index in [-0.39, 0.29) is 0 Å². The first kappa shape index (κ1) is 13.4. The van der Waals surface area contributed by atoms with Crippen LogP contribution < -0.4 is 5.32 Å². The minimum absolute atomic E-state index is 0.896. The predicted octanol–water partition coefficient (Wildman–Crippen LogP) is 2.74. The van der Waals surface area contributed by atoms with Gasteiger partial charge in [-0.05, 0) is 63.7 Å². The van der Waals surface area contributed by atoms with Crippen LogP contribution in [0.5, 0.6) is 0 Å². The van der Waals surface area contributed by atoms with Crippen molar-refractivity contribution in [3.8, 4) is 0 Å². The molecule has 1 N–H and O–H groups in total. The largest absolute Gasteiger partial charge is 0.316 e. The zero-order chi connectivity index (χ0) is 12.1. The number of hydrogen-bond donors (Lipinski definition) is 1. The Kier molecular flexibility index (Phi) is 5.30. The van der Waals surface area contributed by atoms with Gasteiger partial charge < -0.3 is 10.2 Å². The van der Waals surface area contributed by atoms with Gasteiger partial charge in [-0.1, -0.05) is 26.2 Å². The number of likely N-dealkylation sites (tertiary alicyclic amines) is 1. The standard InChI is InChI=1S/C15H30N2/c1-13-6-3-4-8-15(13)11-16-10-14-7-5-9-17(2)12-14/h13-16H,3-12H2,1-2H3. The van der Waals surface area contributed by atoms with E-state index in [1.54, 1.807) is 0 Å². The number of hydrogen-bond acceptors (Lipinski definition) is 2. The van der Waals surface area contributed by atoms with Crippen molar-refractivity contribution in [2.75, 3.05) is 33.2 Å². The minimum atomic E-state index is 0.896. The summed E-state index contributed by atoms with van der Waals surface area (Å²) in [6, 6.07) is 0. The van der Waals surface area contributed by atoms with Gasteiger partial charge in [0.2, 0.25) is 0 Å². The van der Waals surface area contributed by atoms with Crippen LogP contribution in [0, 0.1) is 17.8 Å². The lowest BCUT2D eigenvalue weighted by Crippen LogP contribution is -2.39. The molecule has 0 spiro atoms. The fraction of sp³-hybridized carbons (Fsp3) is 1.00. The molecule has 2 aliphatic rings. The second-order valence-electron chi connectivity index (χ2n) is 6.45. The highest BCUT2D eigenvalue weighted by molar-refractivity contribution is 4.76. The van der Waals surface area contributed by atoms with Crippen molar-refractivity contribution in [1.82, 2.24) is 10.2 Å². The monoisotopic (exact) mass is 238 g/mol. The minimum Gasteiger partial charge on any atom is -0.316 e. The van der Waals surface area contributed by atoms with E-state index in [0.717, 1.165) is 17.8 Å². The maximum absolute atomic E-state index is 3.75. The van der Waals surface area contributed by atoms with Crippen LogP contribution in [0.25, 0.3) is 0 Å². The highest BCUT2D eigenvalue weighted by Crippen LogP contribution is 2.28. The molecule has 1 aliphatic heterocycles. The van der Waals surface area contributed by atoms with Crippen molar-refractivity contribution in [2.24, 2.45) is 17.8 Å². The average molecular weight is 238 g/mol. The molecule has 0 aromatic carbocycles. The van der Waals surface area contributed by atoms with E-state index >= 15 is 0 Å². The second-order valence-corrected chi connectivity index (χ2v) is 6.45. The summed E-state index contributed by atoms with van der Waals surface area (Å²) in [4.78, 5) is 2.49.